The minimum atomic E-state index is 0.496. The largest absolute Gasteiger partial charge is 0.269 e. The van der Waals surface area contributed by atoms with E-state index in [1.54, 1.807) is 18.5 Å². The summed E-state index contributed by atoms with van der Waals surface area (Å²) in [5.41, 5.74) is 0. The normalized spacial score (nSPS) is 11.2. The molecule has 2 heteroatoms. The van der Waals surface area contributed by atoms with E-state index in [1.807, 2.05) is 6.92 Å². The van der Waals surface area contributed by atoms with Crippen LogP contribution in [0.15, 0.2) is 28.9 Å². The lowest BCUT2D eigenvalue weighted by molar-refractivity contribution is 1.57. The first-order chi connectivity index (χ1) is 3.77. The zero-order valence-corrected chi connectivity index (χ0v) is 5.52. The van der Waals surface area contributed by atoms with Crippen LogP contribution < -0.4 is 0 Å². The Morgan fingerprint density at radius 2 is 2.38 bits per heavy atom. The van der Waals surface area contributed by atoms with Crippen molar-refractivity contribution in [1.82, 2.24) is 0 Å². The third kappa shape index (κ3) is 5.44. The molecule has 1 nitrogen and oxygen atoms in total. The second-order valence-corrected chi connectivity index (χ2v) is 1.66. The van der Waals surface area contributed by atoms with Gasteiger partial charge in [0, 0.05) is 17.4 Å². The summed E-state index contributed by atoms with van der Waals surface area (Å²) in [7, 11) is 0. The molecule has 0 aliphatic rings. The summed E-state index contributed by atoms with van der Waals surface area (Å²) in [6.45, 7) is 5.27. The summed E-state index contributed by atoms with van der Waals surface area (Å²) in [4.78, 5) is 3.76. The zero-order chi connectivity index (χ0) is 6.41. The highest BCUT2D eigenvalue weighted by Gasteiger charge is 1.70. The van der Waals surface area contributed by atoms with Gasteiger partial charge in [0.15, 0.2) is 0 Å². The molecule has 0 heterocycles. The Labute approximate surface area is 54.4 Å². The van der Waals surface area contributed by atoms with Crippen molar-refractivity contribution in [3.05, 3.63) is 23.9 Å². The number of hydrogen-bond acceptors (Lipinski definition) is 1. The van der Waals surface area contributed by atoms with Crippen LogP contribution >= 0.6 is 11.6 Å². The molecule has 0 aromatic heterocycles. The van der Waals surface area contributed by atoms with Crippen LogP contribution in [0.2, 0.25) is 0 Å². The molecule has 44 valence electrons. The monoisotopic (exact) mass is 129 g/mol. The number of rotatable bonds is 2. The quantitative estimate of drug-likeness (QED) is 0.401. The average molecular weight is 130 g/mol. The first-order valence-electron chi connectivity index (χ1n) is 2.26. The smallest absolute Gasteiger partial charge is 0.0349 e. The number of aliphatic imine (C=N–C) groups is 1. The van der Waals surface area contributed by atoms with Gasteiger partial charge >= 0.3 is 0 Å². The van der Waals surface area contributed by atoms with Crippen molar-refractivity contribution in [2.75, 3.05) is 0 Å². The molecule has 8 heavy (non-hydrogen) atoms. The minimum Gasteiger partial charge on any atom is -0.269 e. The third-order valence-electron chi connectivity index (χ3n) is 0.491. The van der Waals surface area contributed by atoms with E-state index < -0.39 is 0 Å². The molecule has 0 aliphatic heterocycles. The Balaban J connectivity index is 3.50. The van der Waals surface area contributed by atoms with Gasteiger partial charge in [-0.25, -0.2) is 0 Å². The number of allylic oxidation sites excluding steroid dienone is 2. The first kappa shape index (κ1) is 7.44. The lowest BCUT2D eigenvalue weighted by atomic mass is 10.6. The second-order valence-electron chi connectivity index (χ2n) is 1.17. The van der Waals surface area contributed by atoms with E-state index >= 15 is 0 Å². The van der Waals surface area contributed by atoms with E-state index in [0.29, 0.717) is 5.03 Å². The lowest BCUT2D eigenvalue weighted by Gasteiger charge is -1.75. The van der Waals surface area contributed by atoms with Crippen LogP contribution in [-0.4, -0.2) is 6.21 Å². The van der Waals surface area contributed by atoms with E-state index in [4.69, 9.17) is 11.6 Å². The van der Waals surface area contributed by atoms with Crippen LogP contribution in [0.3, 0.4) is 0 Å². The molecule has 0 fully saturated rings. The fourth-order valence-corrected chi connectivity index (χ4v) is 0.266. The summed E-state index contributed by atoms with van der Waals surface area (Å²) < 4.78 is 0. The van der Waals surface area contributed by atoms with E-state index in [9.17, 15) is 0 Å². The molecule has 0 radical (unpaired) electrons. The SMILES string of the molecule is C=C(Cl)C=CN=CC. The van der Waals surface area contributed by atoms with E-state index in [2.05, 4.69) is 11.6 Å². The number of nitrogens with zero attached hydrogens (tertiary/aromatic N) is 1. The number of hydrogen-bond donors (Lipinski definition) is 0. The molecule has 0 rings (SSSR count). The second kappa shape index (κ2) is 4.60. The van der Waals surface area contributed by atoms with Gasteiger partial charge in [-0.05, 0) is 13.0 Å². The van der Waals surface area contributed by atoms with Gasteiger partial charge in [-0.3, -0.25) is 4.99 Å². The molecular formula is C6H8ClN. The van der Waals surface area contributed by atoms with Crippen molar-refractivity contribution < 1.29 is 0 Å². The molecule has 0 atom stereocenters. The minimum absolute atomic E-state index is 0.496. The summed E-state index contributed by atoms with van der Waals surface area (Å²) in [5, 5.41) is 0.496. The molecule has 0 N–H and O–H groups in total. The highest BCUT2D eigenvalue weighted by atomic mass is 35.5. The fourth-order valence-electron chi connectivity index (χ4n) is 0.210. The Kier molecular flexibility index (Phi) is 4.27. The Morgan fingerprint density at radius 1 is 1.75 bits per heavy atom. The van der Waals surface area contributed by atoms with Crippen molar-refractivity contribution in [1.29, 1.82) is 0 Å². The molecule has 0 saturated carbocycles. The van der Waals surface area contributed by atoms with Gasteiger partial charge < -0.3 is 0 Å². The molecular weight excluding hydrogens is 122 g/mol. The van der Waals surface area contributed by atoms with Gasteiger partial charge in [0.05, 0.1) is 0 Å². The first-order valence-corrected chi connectivity index (χ1v) is 2.64. The molecule has 0 amide bonds. The van der Waals surface area contributed by atoms with Crippen LogP contribution in [0.4, 0.5) is 0 Å². The van der Waals surface area contributed by atoms with Crippen molar-refractivity contribution in [2.24, 2.45) is 4.99 Å². The van der Waals surface area contributed by atoms with Crippen molar-refractivity contribution in [2.45, 2.75) is 6.92 Å². The molecule has 0 aromatic rings. The molecule has 0 unspecified atom stereocenters. The fraction of sp³-hybridized carbons (Fsp3) is 0.167. The topological polar surface area (TPSA) is 12.4 Å². The van der Waals surface area contributed by atoms with Crippen molar-refractivity contribution >= 4 is 17.8 Å². The molecule has 0 bridgehead atoms. The summed E-state index contributed by atoms with van der Waals surface area (Å²) in [6.07, 6.45) is 4.90. The number of halogens is 1. The van der Waals surface area contributed by atoms with Gasteiger partial charge in [0.25, 0.3) is 0 Å². The zero-order valence-electron chi connectivity index (χ0n) is 4.76. The maximum Gasteiger partial charge on any atom is 0.0349 e. The molecule has 0 saturated heterocycles. The van der Waals surface area contributed by atoms with Gasteiger partial charge in [-0.1, -0.05) is 18.2 Å². The van der Waals surface area contributed by atoms with Gasteiger partial charge in [-0.2, -0.15) is 0 Å². The Hall–Kier alpha value is -0.560. The predicted molar refractivity (Wildman–Crippen MR) is 38.3 cm³/mol. The summed E-state index contributed by atoms with van der Waals surface area (Å²) in [5.74, 6) is 0. The Morgan fingerprint density at radius 3 is 2.75 bits per heavy atom. The van der Waals surface area contributed by atoms with Crippen molar-refractivity contribution in [3.8, 4) is 0 Å². The van der Waals surface area contributed by atoms with E-state index in [1.165, 1.54) is 0 Å². The highest BCUT2D eigenvalue weighted by Crippen LogP contribution is 1.96. The average Bonchev–Trinajstić information content (AvgIpc) is 1.66. The molecule has 0 aromatic carbocycles. The molecule has 0 spiro atoms. The van der Waals surface area contributed by atoms with E-state index in [-0.39, 0.29) is 0 Å². The van der Waals surface area contributed by atoms with Crippen LogP contribution in [0.1, 0.15) is 6.92 Å². The van der Waals surface area contributed by atoms with E-state index in [0.717, 1.165) is 0 Å². The summed E-state index contributed by atoms with van der Waals surface area (Å²) in [6, 6.07) is 0. The van der Waals surface area contributed by atoms with Gasteiger partial charge in [0.2, 0.25) is 0 Å². The predicted octanol–water partition coefficient (Wildman–Crippen LogP) is 2.34. The highest BCUT2D eigenvalue weighted by molar-refractivity contribution is 6.30. The van der Waals surface area contributed by atoms with Crippen LogP contribution in [0.25, 0.3) is 0 Å². The maximum atomic E-state index is 5.36. The Bertz CT molecular complexity index is 124. The third-order valence-corrected chi connectivity index (χ3v) is 0.617. The van der Waals surface area contributed by atoms with Crippen LogP contribution in [-0.2, 0) is 0 Å². The maximum absolute atomic E-state index is 5.36. The lowest BCUT2D eigenvalue weighted by Crippen LogP contribution is -1.56. The van der Waals surface area contributed by atoms with Crippen molar-refractivity contribution in [3.63, 3.8) is 0 Å². The molecule has 0 aliphatic carbocycles. The van der Waals surface area contributed by atoms with Crippen LogP contribution in [0, 0.1) is 0 Å². The summed E-state index contributed by atoms with van der Waals surface area (Å²) >= 11 is 5.36. The van der Waals surface area contributed by atoms with Crippen LogP contribution in [0.5, 0.6) is 0 Å². The van der Waals surface area contributed by atoms with Gasteiger partial charge in [0.1, 0.15) is 0 Å². The standard InChI is InChI=1S/C6H8ClN/c1-3-8-5-4-6(2)7/h3-5H,2H2,1H3. The van der Waals surface area contributed by atoms with Gasteiger partial charge in [-0.15, -0.1) is 0 Å².